The molecular formula is C23H29ClN4O3. The smallest absolute Gasteiger partial charge is 0.412 e. The molecule has 1 amide bonds. The van der Waals surface area contributed by atoms with E-state index in [-0.39, 0.29) is 6.54 Å². The van der Waals surface area contributed by atoms with Crippen LogP contribution in [0, 0.1) is 5.92 Å². The Morgan fingerprint density at radius 3 is 2.65 bits per heavy atom. The van der Waals surface area contributed by atoms with E-state index >= 15 is 0 Å². The van der Waals surface area contributed by atoms with Crippen molar-refractivity contribution in [1.82, 2.24) is 9.88 Å². The highest BCUT2D eigenvalue weighted by Gasteiger charge is 2.30. The molecule has 2 heterocycles. The van der Waals surface area contributed by atoms with Gasteiger partial charge in [-0.2, -0.15) is 0 Å². The minimum atomic E-state index is -1.06. The minimum absolute atomic E-state index is 0.188. The number of carboxylic acid groups (broad SMARTS) is 1. The number of piperazine rings is 1. The summed E-state index contributed by atoms with van der Waals surface area (Å²) in [6.07, 6.45) is 3.21. The van der Waals surface area contributed by atoms with E-state index in [4.69, 9.17) is 16.3 Å². The molecule has 4 rings (SSSR count). The number of rotatable bonds is 7. The zero-order valence-electron chi connectivity index (χ0n) is 18.0. The number of pyridine rings is 1. The lowest BCUT2D eigenvalue weighted by molar-refractivity contribution is 0.201. The molecule has 0 unspecified atom stereocenters. The molecule has 0 radical (unpaired) electrons. The number of ether oxygens (including phenoxy) is 1. The monoisotopic (exact) mass is 444 g/mol. The van der Waals surface area contributed by atoms with E-state index < -0.39 is 6.09 Å². The lowest BCUT2D eigenvalue weighted by Gasteiger charge is -2.41. The number of amides is 1. The number of carbonyl (C=O) groups is 1. The molecule has 1 saturated heterocycles. The van der Waals surface area contributed by atoms with Crippen LogP contribution in [0.4, 0.5) is 16.3 Å². The number of hydrogen-bond donors (Lipinski definition) is 1. The summed E-state index contributed by atoms with van der Waals surface area (Å²) < 4.78 is 5.18. The third-order valence-corrected chi connectivity index (χ3v) is 6.35. The van der Waals surface area contributed by atoms with Crippen molar-refractivity contribution in [1.29, 1.82) is 0 Å². The highest BCUT2D eigenvalue weighted by atomic mass is 35.5. The molecule has 2 fully saturated rings. The zero-order valence-corrected chi connectivity index (χ0v) is 18.8. The Labute approximate surface area is 188 Å². The summed E-state index contributed by atoms with van der Waals surface area (Å²) in [4.78, 5) is 22.7. The van der Waals surface area contributed by atoms with E-state index in [1.165, 1.54) is 24.3 Å². The lowest BCUT2D eigenvalue weighted by atomic mass is 10.1. The number of hydrogen-bond acceptors (Lipinski definition) is 5. The van der Waals surface area contributed by atoms with Crippen LogP contribution in [0.1, 0.15) is 25.3 Å². The van der Waals surface area contributed by atoms with E-state index in [9.17, 15) is 9.90 Å². The van der Waals surface area contributed by atoms with Crippen LogP contribution in [-0.4, -0.2) is 60.4 Å². The van der Waals surface area contributed by atoms with Gasteiger partial charge in [-0.15, -0.1) is 0 Å². The van der Waals surface area contributed by atoms with E-state index in [2.05, 4.69) is 21.7 Å². The van der Waals surface area contributed by atoms with Crippen molar-refractivity contribution in [3.8, 4) is 5.75 Å². The lowest BCUT2D eigenvalue weighted by Crippen LogP contribution is -2.52. The van der Waals surface area contributed by atoms with Crippen molar-refractivity contribution < 1.29 is 14.6 Å². The molecule has 2 aromatic rings. The molecule has 1 saturated carbocycles. The second-order valence-electron chi connectivity index (χ2n) is 8.46. The van der Waals surface area contributed by atoms with Crippen LogP contribution >= 0.6 is 11.6 Å². The van der Waals surface area contributed by atoms with Crippen LogP contribution in [0.5, 0.6) is 5.75 Å². The van der Waals surface area contributed by atoms with Gasteiger partial charge in [-0.25, -0.2) is 9.78 Å². The molecule has 8 heteroatoms. The fourth-order valence-electron chi connectivity index (χ4n) is 4.16. The summed E-state index contributed by atoms with van der Waals surface area (Å²) in [6, 6.07) is 9.44. The molecular weight excluding hydrogens is 416 g/mol. The maximum atomic E-state index is 12.1. The minimum Gasteiger partial charge on any atom is -0.497 e. The Morgan fingerprint density at radius 2 is 2.03 bits per heavy atom. The van der Waals surface area contributed by atoms with Crippen LogP contribution in [-0.2, 0) is 6.54 Å². The van der Waals surface area contributed by atoms with Crippen molar-refractivity contribution in [3.63, 3.8) is 0 Å². The Balaban J connectivity index is 1.52. The summed E-state index contributed by atoms with van der Waals surface area (Å²) in [5, 5.41) is 10.2. The summed E-state index contributed by atoms with van der Waals surface area (Å²) >= 11 is 6.40. The predicted octanol–water partition coefficient (Wildman–Crippen LogP) is 4.35. The Bertz CT molecular complexity index is 920. The van der Waals surface area contributed by atoms with Gasteiger partial charge < -0.3 is 14.7 Å². The molecule has 166 valence electrons. The van der Waals surface area contributed by atoms with Gasteiger partial charge >= 0.3 is 6.09 Å². The van der Waals surface area contributed by atoms with Gasteiger partial charge in [0.25, 0.3) is 0 Å². The first-order valence-electron chi connectivity index (χ1n) is 10.7. The molecule has 1 atom stereocenters. The highest BCUT2D eigenvalue weighted by molar-refractivity contribution is 6.33. The molecule has 1 N–H and O–H groups in total. The first kappa shape index (κ1) is 21.7. The second-order valence-corrected chi connectivity index (χ2v) is 8.86. The van der Waals surface area contributed by atoms with Crippen molar-refractivity contribution in [2.24, 2.45) is 5.92 Å². The third-order valence-electron chi connectivity index (χ3n) is 6.06. The largest absolute Gasteiger partial charge is 0.497 e. The molecule has 7 nitrogen and oxygen atoms in total. The molecule has 1 aromatic carbocycles. The number of aromatic nitrogens is 1. The van der Waals surface area contributed by atoms with Gasteiger partial charge in [-0.3, -0.25) is 9.80 Å². The summed E-state index contributed by atoms with van der Waals surface area (Å²) in [5.74, 6) is 2.37. The number of benzene rings is 1. The number of halogens is 1. The highest BCUT2D eigenvalue weighted by Crippen LogP contribution is 2.33. The molecule has 1 aliphatic carbocycles. The normalized spacial score (nSPS) is 19.3. The molecule has 1 aromatic heterocycles. The van der Waals surface area contributed by atoms with Gasteiger partial charge in [0, 0.05) is 38.3 Å². The number of methoxy groups -OCH3 is 1. The summed E-state index contributed by atoms with van der Waals surface area (Å²) in [5.41, 5.74) is 1.29. The maximum absolute atomic E-state index is 12.1. The van der Waals surface area contributed by atoms with E-state index in [1.807, 2.05) is 24.3 Å². The second kappa shape index (κ2) is 9.32. The molecule has 2 aliphatic rings. The van der Waals surface area contributed by atoms with Crippen LogP contribution in [0.15, 0.2) is 36.5 Å². The first-order valence-corrected chi connectivity index (χ1v) is 11.1. The molecule has 31 heavy (non-hydrogen) atoms. The quantitative estimate of drug-likeness (QED) is 0.684. The van der Waals surface area contributed by atoms with Crippen molar-refractivity contribution in [3.05, 3.63) is 47.1 Å². The van der Waals surface area contributed by atoms with Crippen LogP contribution in [0.3, 0.4) is 0 Å². The van der Waals surface area contributed by atoms with Gasteiger partial charge in [0.2, 0.25) is 0 Å². The maximum Gasteiger partial charge on any atom is 0.412 e. The van der Waals surface area contributed by atoms with Gasteiger partial charge in [-0.05, 0) is 43.4 Å². The average molecular weight is 445 g/mol. The molecule has 0 spiro atoms. The van der Waals surface area contributed by atoms with Crippen LogP contribution in [0.25, 0.3) is 0 Å². The Hall–Kier alpha value is -2.51. The molecule has 0 bridgehead atoms. The topological polar surface area (TPSA) is 69.1 Å². The summed E-state index contributed by atoms with van der Waals surface area (Å²) in [6.45, 7) is 6.42. The SMILES string of the molecule is COc1ccc(CN(C(=O)O)c2cc(N3CCN(CC4CC4)C[C@@H]3C)ncc2Cl)cc1. The van der Waals surface area contributed by atoms with Gasteiger partial charge in [-0.1, -0.05) is 23.7 Å². The van der Waals surface area contributed by atoms with Crippen molar-refractivity contribution >= 4 is 29.2 Å². The predicted molar refractivity (Wildman–Crippen MR) is 122 cm³/mol. The Morgan fingerprint density at radius 1 is 1.29 bits per heavy atom. The third kappa shape index (κ3) is 5.22. The van der Waals surface area contributed by atoms with Gasteiger partial charge in [0.05, 0.1) is 30.6 Å². The van der Waals surface area contributed by atoms with Crippen molar-refractivity contribution in [2.45, 2.75) is 32.4 Å². The first-order chi connectivity index (χ1) is 14.9. The average Bonchev–Trinajstić information content (AvgIpc) is 3.57. The van der Waals surface area contributed by atoms with Gasteiger partial charge in [0.15, 0.2) is 0 Å². The van der Waals surface area contributed by atoms with Crippen LogP contribution < -0.4 is 14.5 Å². The molecule has 1 aliphatic heterocycles. The summed E-state index contributed by atoms with van der Waals surface area (Å²) in [7, 11) is 1.60. The van der Waals surface area contributed by atoms with E-state index in [0.29, 0.717) is 16.8 Å². The van der Waals surface area contributed by atoms with E-state index in [1.54, 1.807) is 19.4 Å². The zero-order chi connectivity index (χ0) is 22.0. The Kier molecular flexibility index (Phi) is 6.53. The van der Waals surface area contributed by atoms with Crippen molar-refractivity contribution in [2.75, 3.05) is 43.1 Å². The number of nitrogens with zero attached hydrogens (tertiary/aromatic N) is 4. The standard InChI is InChI=1S/C23H29ClN4O3/c1-16-13-26(14-17-3-4-17)9-10-27(16)22-11-21(20(24)12-25-22)28(23(29)30)15-18-5-7-19(31-2)8-6-18/h5-8,11-12,16-17H,3-4,9-10,13-15H2,1-2H3,(H,29,30)/t16-/m0/s1. The van der Waals surface area contributed by atoms with Crippen LogP contribution in [0.2, 0.25) is 5.02 Å². The fraction of sp³-hybridized carbons (Fsp3) is 0.478. The number of anilines is 2. The van der Waals surface area contributed by atoms with Gasteiger partial charge in [0.1, 0.15) is 11.6 Å². The fourth-order valence-corrected chi connectivity index (χ4v) is 4.36. The van der Waals surface area contributed by atoms with E-state index in [0.717, 1.165) is 42.7 Å².